The van der Waals surface area contributed by atoms with Gasteiger partial charge in [-0.15, -0.1) is 0 Å². The number of pyridine rings is 1. The number of fused-ring (bicyclic) bond motifs is 4. The molecule has 2 aliphatic heterocycles. The first-order chi connectivity index (χ1) is 15.3. The van der Waals surface area contributed by atoms with E-state index in [1.165, 1.54) is 43.7 Å². The number of hydrogen-bond donors (Lipinski definition) is 0. The Morgan fingerprint density at radius 3 is 1.66 bits per heavy atom. The molecule has 3 heterocycles. The highest BCUT2D eigenvalue weighted by molar-refractivity contribution is 8.25. The summed E-state index contributed by atoms with van der Waals surface area (Å²) in [5, 5.41) is 4.14. The number of rotatable bonds is 1. The fourth-order valence-electron chi connectivity index (χ4n) is 5.82. The van der Waals surface area contributed by atoms with Crippen LogP contribution in [0.15, 0.2) is 85.1 Å². The summed E-state index contributed by atoms with van der Waals surface area (Å²) in [5.74, 6) is 0. The van der Waals surface area contributed by atoms with Crippen LogP contribution in [-0.4, -0.2) is 4.98 Å². The van der Waals surface area contributed by atoms with Crippen LogP contribution in [-0.2, 0) is 22.6 Å². The normalized spacial score (nSPS) is 18.2. The molecule has 0 radical (unpaired) electrons. The lowest BCUT2D eigenvalue weighted by molar-refractivity contribution is 0.624. The van der Waals surface area contributed by atoms with Gasteiger partial charge in [-0.3, -0.25) is 4.98 Å². The van der Waals surface area contributed by atoms with Crippen molar-refractivity contribution in [2.24, 2.45) is 0 Å². The smallest absolute Gasteiger partial charge is 0.0702 e. The Morgan fingerprint density at radius 2 is 1.16 bits per heavy atom. The van der Waals surface area contributed by atoms with Gasteiger partial charge < -0.3 is 0 Å². The molecular formula is C29H26NPS. The molecule has 0 amide bonds. The van der Waals surface area contributed by atoms with Gasteiger partial charge in [0.1, 0.15) is 0 Å². The second-order valence-electron chi connectivity index (χ2n) is 10.0. The van der Waals surface area contributed by atoms with Gasteiger partial charge in [0.2, 0.25) is 0 Å². The minimum Gasteiger partial charge on any atom is -0.256 e. The van der Waals surface area contributed by atoms with Crippen molar-refractivity contribution in [3.63, 3.8) is 0 Å². The van der Waals surface area contributed by atoms with E-state index in [9.17, 15) is 0 Å². The predicted molar refractivity (Wildman–Crippen MR) is 140 cm³/mol. The average molecular weight is 452 g/mol. The molecule has 0 unspecified atom stereocenters. The van der Waals surface area contributed by atoms with Crippen molar-refractivity contribution >= 4 is 33.8 Å². The third-order valence-electron chi connectivity index (χ3n) is 7.57. The molecule has 1 aromatic heterocycles. The van der Waals surface area contributed by atoms with E-state index in [-0.39, 0.29) is 10.8 Å². The minimum atomic E-state index is -2.17. The van der Waals surface area contributed by atoms with Gasteiger partial charge in [-0.2, -0.15) is 0 Å². The molecule has 0 saturated heterocycles. The molecule has 6 rings (SSSR count). The Labute approximate surface area is 195 Å². The maximum Gasteiger partial charge on any atom is 0.0702 e. The number of aromatic nitrogens is 1. The molecule has 3 aromatic carbocycles. The summed E-state index contributed by atoms with van der Waals surface area (Å²) in [6.07, 6.45) is 1.88. The lowest BCUT2D eigenvalue weighted by atomic mass is 9.71. The lowest BCUT2D eigenvalue weighted by Gasteiger charge is -2.49. The highest BCUT2D eigenvalue weighted by Crippen LogP contribution is 2.59. The van der Waals surface area contributed by atoms with Crippen LogP contribution in [0.5, 0.6) is 0 Å². The van der Waals surface area contributed by atoms with Gasteiger partial charge in [0, 0.05) is 33.9 Å². The lowest BCUT2D eigenvalue weighted by Crippen LogP contribution is -2.50. The van der Waals surface area contributed by atoms with Crippen molar-refractivity contribution in [2.75, 3.05) is 0 Å². The molecule has 0 atom stereocenters. The van der Waals surface area contributed by atoms with Crippen LogP contribution in [0.25, 0.3) is 11.3 Å². The Balaban J connectivity index is 1.82. The molecule has 0 spiro atoms. The number of benzene rings is 3. The maximum absolute atomic E-state index is 6.82. The van der Waals surface area contributed by atoms with E-state index in [0.717, 1.165) is 5.69 Å². The first kappa shape index (κ1) is 20.1. The van der Waals surface area contributed by atoms with Crippen LogP contribution in [0.2, 0.25) is 0 Å². The van der Waals surface area contributed by atoms with E-state index in [1.54, 1.807) is 0 Å². The summed E-state index contributed by atoms with van der Waals surface area (Å²) in [5.41, 5.74) is 7.43. The van der Waals surface area contributed by atoms with Crippen LogP contribution in [0.4, 0.5) is 0 Å². The average Bonchev–Trinajstić information content (AvgIpc) is 2.82. The number of nitrogens with zero attached hydrogens (tertiary/aromatic N) is 1. The summed E-state index contributed by atoms with van der Waals surface area (Å²) in [6, 6.07) is 26.6. The fourth-order valence-corrected chi connectivity index (χ4v) is 11.5. The predicted octanol–water partition coefficient (Wildman–Crippen LogP) is 5.78. The Morgan fingerprint density at radius 1 is 0.656 bits per heavy atom. The van der Waals surface area contributed by atoms with Crippen molar-refractivity contribution < 1.29 is 0 Å². The first-order valence-electron chi connectivity index (χ1n) is 11.2. The molecule has 32 heavy (non-hydrogen) atoms. The van der Waals surface area contributed by atoms with E-state index < -0.39 is 6.04 Å². The van der Waals surface area contributed by atoms with Crippen molar-refractivity contribution in [2.45, 2.75) is 38.5 Å². The minimum absolute atomic E-state index is 0.129. The van der Waals surface area contributed by atoms with Crippen molar-refractivity contribution in [1.29, 1.82) is 0 Å². The van der Waals surface area contributed by atoms with Crippen molar-refractivity contribution in [3.8, 4) is 11.3 Å². The summed E-state index contributed by atoms with van der Waals surface area (Å²) >= 11 is 6.82. The molecule has 2 aliphatic rings. The van der Waals surface area contributed by atoms with Crippen LogP contribution in [0, 0.1) is 0 Å². The standard InChI is InChI=1S/C29H26NPS/c1-28(2)20-11-5-7-14-25(20)31(32)26-15-8-6-12-21(26)29(3,4)23-18-19(17-22(28)27(23)31)24-13-9-10-16-30-24/h5-18H,1-4H3. The first-order valence-corrected chi connectivity index (χ1v) is 14.0. The summed E-state index contributed by atoms with van der Waals surface area (Å²) in [4.78, 5) is 4.69. The van der Waals surface area contributed by atoms with E-state index in [1.807, 2.05) is 12.3 Å². The summed E-state index contributed by atoms with van der Waals surface area (Å²) < 4.78 is 0. The molecule has 4 aromatic rings. The monoisotopic (exact) mass is 451 g/mol. The number of hydrogen-bond acceptors (Lipinski definition) is 2. The maximum atomic E-state index is 6.82. The zero-order valence-corrected chi connectivity index (χ0v) is 20.6. The highest BCUT2D eigenvalue weighted by atomic mass is 32.4. The molecule has 0 fully saturated rings. The van der Waals surface area contributed by atoms with E-state index >= 15 is 0 Å². The summed E-state index contributed by atoms with van der Waals surface area (Å²) in [7, 11) is 0. The Hall–Kier alpha value is -2.54. The Kier molecular flexibility index (Phi) is 4.08. The Bertz CT molecular complexity index is 1360. The van der Waals surface area contributed by atoms with Crippen molar-refractivity contribution in [3.05, 3.63) is 107 Å². The fraction of sp³-hybridized carbons (Fsp3) is 0.207. The van der Waals surface area contributed by atoms with Gasteiger partial charge in [0.25, 0.3) is 0 Å². The zero-order valence-electron chi connectivity index (χ0n) is 18.9. The van der Waals surface area contributed by atoms with E-state index in [0.29, 0.717) is 0 Å². The van der Waals surface area contributed by atoms with E-state index in [2.05, 4.69) is 100 Å². The van der Waals surface area contributed by atoms with Gasteiger partial charge in [0.15, 0.2) is 0 Å². The van der Waals surface area contributed by atoms with Gasteiger partial charge in [-0.25, -0.2) is 0 Å². The molecule has 158 valence electrons. The molecule has 0 saturated carbocycles. The van der Waals surface area contributed by atoms with Gasteiger partial charge in [-0.05, 0) is 57.1 Å². The van der Waals surface area contributed by atoms with Crippen LogP contribution >= 0.6 is 6.04 Å². The second kappa shape index (κ2) is 6.50. The molecule has 1 nitrogen and oxygen atoms in total. The van der Waals surface area contributed by atoms with Gasteiger partial charge >= 0.3 is 0 Å². The molecule has 3 heteroatoms. The zero-order chi connectivity index (χ0) is 22.3. The van der Waals surface area contributed by atoms with Crippen LogP contribution < -0.4 is 15.9 Å². The molecule has 0 bridgehead atoms. The van der Waals surface area contributed by atoms with Gasteiger partial charge in [0.05, 0.1) is 5.69 Å². The topological polar surface area (TPSA) is 12.9 Å². The largest absolute Gasteiger partial charge is 0.256 e. The third-order valence-corrected chi connectivity index (χ3v) is 12.5. The SMILES string of the molecule is CC1(C)c2ccccc2P2(=S)c3ccccc3C(C)(C)c3cc(-c4ccccn4)cc1c32. The highest BCUT2D eigenvalue weighted by Gasteiger charge is 2.49. The van der Waals surface area contributed by atoms with Gasteiger partial charge in [-0.1, -0.05) is 94.1 Å². The summed E-state index contributed by atoms with van der Waals surface area (Å²) in [6.45, 7) is 9.43. The van der Waals surface area contributed by atoms with Crippen LogP contribution in [0.1, 0.15) is 49.9 Å². The molecule has 0 N–H and O–H groups in total. The second-order valence-corrected chi connectivity index (χ2v) is 14.3. The van der Waals surface area contributed by atoms with Crippen molar-refractivity contribution in [1.82, 2.24) is 4.98 Å². The third kappa shape index (κ3) is 2.40. The quantitative estimate of drug-likeness (QED) is 0.340. The molecular weight excluding hydrogens is 425 g/mol. The van der Waals surface area contributed by atoms with Crippen LogP contribution in [0.3, 0.4) is 0 Å². The van der Waals surface area contributed by atoms with E-state index in [4.69, 9.17) is 16.8 Å². The molecule has 0 aliphatic carbocycles.